The molecule has 7 heteroatoms. The van der Waals surface area contributed by atoms with Gasteiger partial charge in [0.15, 0.2) is 0 Å². The third kappa shape index (κ3) is 4.16. The number of primary amides is 1. The van der Waals surface area contributed by atoms with E-state index in [1.165, 1.54) is 12.1 Å². The van der Waals surface area contributed by atoms with Crippen LogP contribution in [0.1, 0.15) is 11.7 Å². The summed E-state index contributed by atoms with van der Waals surface area (Å²) in [6.45, 7) is 2.80. The molecule has 0 aromatic heterocycles. The van der Waals surface area contributed by atoms with E-state index in [2.05, 4.69) is 4.90 Å². The summed E-state index contributed by atoms with van der Waals surface area (Å²) >= 11 is 5.70. The van der Waals surface area contributed by atoms with E-state index in [0.29, 0.717) is 38.4 Å². The summed E-state index contributed by atoms with van der Waals surface area (Å²) < 4.78 is 24.5. The molecule has 1 aliphatic heterocycles. The van der Waals surface area contributed by atoms with Crippen LogP contribution >= 0.6 is 11.6 Å². The Bertz CT molecular complexity index is 530. The Morgan fingerprint density at radius 2 is 2.36 bits per heavy atom. The van der Waals surface area contributed by atoms with E-state index >= 15 is 0 Å². The van der Waals surface area contributed by atoms with Gasteiger partial charge < -0.3 is 15.2 Å². The fraction of sp³-hybridized carbons (Fsp3) is 0.533. The molecule has 0 spiro atoms. The highest BCUT2D eigenvalue weighted by Gasteiger charge is 2.33. The van der Waals surface area contributed by atoms with Gasteiger partial charge in [0.05, 0.1) is 30.3 Å². The molecule has 122 valence electrons. The van der Waals surface area contributed by atoms with E-state index in [-0.39, 0.29) is 5.02 Å². The number of amides is 1. The molecule has 2 rings (SSSR count). The quantitative estimate of drug-likeness (QED) is 0.890. The van der Waals surface area contributed by atoms with Crippen LogP contribution < -0.4 is 5.73 Å². The Labute approximate surface area is 134 Å². The number of rotatable bonds is 5. The largest absolute Gasteiger partial charge is 0.383 e. The Morgan fingerprint density at radius 3 is 3.00 bits per heavy atom. The van der Waals surface area contributed by atoms with Gasteiger partial charge in [0.25, 0.3) is 0 Å². The van der Waals surface area contributed by atoms with E-state index in [1.807, 2.05) is 0 Å². The Balaban J connectivity index is 2.21. The van der Waals surface area contributed by atoms with E-state index in [4.69, 9.17) is 26.8 Å². The number of ether oxygens (including phenoxy) is 2. The highest BCUT2D eigenvalue weighted by molar-refractivity contribution is 6.30. The van der Waals surface area contributed by atoms with Crippen molar-refractivity contribution in [1.82, 2.24) is 4.90 Å². The lowest BCUT2D eigenvalue weighted by Crippen LogP contribution is -2.39. The first-order chi connectivity index (χ1) is 10.5. The first kappa shape index (κ1) is 17.1. The number of methoxy groups -OCH3 is 1. The molecule has 1 aliphatic rings. The van der Waals surface area contributed by atoms with Gasteiger partial charge in [-0.25, -0.2) is 4.39 Å². The lowest BCUT2D eigenvalue weighted by molar-refractivity contribution is -0.126. The molecular formula is C15H20ClFN2O3. The maximum Gasteiger partial charge on any atom is 0.224 e. The highest BCUT2D eigenvalue weighted by Crippen LogP contribution is 2.31. The van der Waals surface area contributed by atoms with Crippen molar-refractivity contribution < 1.29 is 18.7 Å². The lowest BCUT2D eigenvalue weighted by Gasteiger charge is -2.25. The van der Waals surface area contributed by atoms with E-state index < -0.39 is 23.7 Å². The zero-order valence-corrected chi connectivity index (χ0v) is 13.2. The number of hydrogen-bond acceptors (Lipinski definition) is 4. The minimum atomic E-state index is -0.572. The summed E-state index contributed by atoms with van der Waals surface area (Å²) in [5.41, 5.74) is 6.10. The number of nitrogens with two attached hydrogens (primary N) is 1. The molecule has 0 saturated carbocycles. The van der Waals surface area contributed by atoms with Crippen LogP contribution in [-0.2, 0) is 14.3 Å². The number of benzene rings is 1. The van der Waals surface area contributed by atoms with Crippen LogP contribution in [-0.4, -0.2) is 50.8 Å². The van der Waals surface area contributed by atoms with E-state index in [0.717, 1.165) is 0 Å². The van der Waals surface area contributed by atoms with Crippen LogP contribution in [0.2, 0.25) is 5.02 Å². The maximum atomic E-state index is 13.7. The molecule has 5 nitrogen and oxygen atoms in total. The highest BCUT2D eigenvalue weighted by atomic mass is 35.5. The molecule has 0 bridgehead atoms. The van der Waals surface area contributed by atoms with Gasteiger partial charge in [0, 0.05) is 26.7 Å². The molecule has 1 aromatic rings. The zero-order valence-electron chi connectivity index (χ0n) is 12.4. The molecule has 0 radical (unpaired) electrons. The Hall–Kier alpha value is -1.21. The number of carbonyl (C=O) groups is 1. The monoisotopic (exact) mass is 330 g/mol. The van der Waals surface area contributed by atoms with E-state index in [1.54, 1.807) is 13.2 Å². The fourth-order valence-corrected chi connectivity index (χ4v) is 2.69. The molecule has 1 fully saturated rings. The van der Waals surface area contributed by atoms with Gasteiger partial charge in [-0.05, 0) is 17.7 Å². The molecular weight excluding hydrogens is 311 g/mol. The lowest BCUT2D eigenvalue weighted by atomic mass is 9.94. The smallest absolute Gasteiger partial charge is 0.224 e. The van der Waals surface area contributed by atoms with E-state index in [9.17, 15) is 9.18 Å². The minimum Gasteiger partial charge on any atom is -0.383 e. The predicted octanol–water partition coefficient (Wildman–Crippen LogP) is 1.60. The molecule has 0 unspecified atom stereocenters. The summed E-state index contributed by atoms with van der Waals surface area (Å²) in [5, 5.41) is 0.0368. The normalized spacial score (nSPS) is 23.2. The van der Waals surface area contributed by atoms with Crippen LogP contribution in [0.3, 0.4) is 0 Å². The molecule has 1 amide bonds. The second kappa shape index (κ2) is 7.87. The number of nitrogens with zero attached hydrogens (tertiary/aromatic N) is 1. The third-order valence-corrected chi connectivity index (χ3v) is 4.08. The van der Waals surface area contributed by atoms with Crippen LogP contribution in [0.5, 0.6) is 0 Å². The first-order valence-electron chi connectivity index (χ1n) is 7.10. The molecule has 1 heterocycles. The average Bonchev–Trinajstić information content (AvgIpc) is 2.70. The van der Waals surface area contributed by atoms with Crippen molar-refractivity contribution in [2.75, 3.05) is 40.0 Å². The Kier molecular flexibility index (Phi) is 6.14. The number of carbonyl (C=O) groups excluding carboxylic acids is 1. The van der Waals surface area contributed by atoms with Crippen molar-refractivity contribution in [1.29, 1.82) is 0 Å². The second-order valence-corrected chi connectivity index (χ2v) is 5.67. The van der Waals surface area contributed by atoms with Gasteiger partial charge in [-0.15, -0.1) is 0 Å². The summed E-state index contributed by atoms with van der Waals surface area (Å²) in [4.78, 5) is 13.9. The topological polar surface area (TPSA) is 64.8 Å². The molecule has 2 N–H and O–H groups in total. The van der Waals surface area contributed by atoms with Crippen LogP contribution in [0.4, 0.5) is 4.39 Å². The maximum absolute atomic E-state index is 13.7. The number of hydrogen-bond donors (Lipinski definition) is 1. The van der Waals surface area contributed by atoms with Gasteiger partial charge in [-0.1, -0.05) is 17.7 Å². The van der Waals surface area contributed by atoms with Crippen molar-refractivity contribution in [3.8, 4) is 0 Å². The van der Waals surface area contributed by atoms with Crippen LogP contribution in [0.15, 0.2) is 18.2 Å². The molecule has 0 aliphatic carbocycles. The van der Waals surface area contributed by atoms with Crippen molar-refractivity contribution in [3.05, 3.63) is 34.6 Å². The summed E-state index contributed by atoms with van der Waals surface area (Å²) in [5.74, 6) is -1.56. The SMILES string of the molecule is COCCN1CCO[C@@H](c2ccc(Cl)c(F)c2)[C@H](C(N)=O)C1. The van der Waals surface area contributed by atoms with Crippen LogP contribution in [0.25, 0.3) is 0 Å². The minimum absolute atomic E-state index is 0.0368. The molecule has 1 saturated heterocycles. The van der Waals surface area contributed by atoms with Gasteiger partial charge in [0.1, 0.15) is 5.82 Å². The van der Waals surface area contributed by atoms with Crippen molar-refractivity contribution in [2.24, 2.45) is 11.7 Å². The number of halogens is 2. The summed E-state index contributed by atoms with van der Waals surface area (Å²) in [6, 6.07) is 4.42. The predicted molar refractivity (Wildman–Crippen MR) is 81.1 cm³/mol. The zero-order chi connectivity index (χ0) is 16.1. The first-order valence-corrected chi connectivity index (χ1v) is 7.48. The molecule has 1 aromatic carbocycles. The average molecular weight is 331 g/mol. The third-order valence-electron chi connectivity index (χ3n) is 3.77. The summed E-state index contributed by atoms with van der Waals surface area (Å²) in [7, 11) is 1.62. The summed E-state index contributed by atoms with van der Waals surface area (Å²) in [6.07, 6.45) is -0.572. The second-order valence-electron chi connectivity index (χ2n) is 5.27. The fourth-order valence-electron chi connectivity index (χ4n) is 2.57. The Morgan fingerprint density at radius 1 is 1.59 bits per heavy atom. The molecule has 22 heavy (non-hydrogen) atoms. The van der Waals surface area contributed by atoms with Gasteiger partial charge in [0.2, 0.25) is 5.91 Å². The van der Waals surface area contributed by atoms with Crippen molar-refractivity contribution in [2.45, 2.75) is 6.10 Å². The van der Waals surface area contributed by atoms with Gasteiger partial charge in [-0.2, -0.15) is 0 Å². The van der Waals surface area contributed by atoms with Gasteiger partial charge >= 0.3 is 0 Å². The van der Waals surface area contributed by atoms with Gasteiger partial charge in [-0.3, -0.25) is 9.69 Å². The molecule has 2 atom stereocenters. The van der Waals surface area contributed by atoms with Crippen molar-refractivity contribution in [3.63, 3.8) is 0 Å². The standard InChI is InChI=1S/C15H20ClFN2O3/c1-21-6-4-19-5-7-22-14(11(9-19)15(18)20)10-2-3-12(16)13(17)8-10/h2-3,8,11,14H,4-7,9H2,1H3,(H2,18,20)/t11-,14+/m1/s1. The van der Waals surface area contributed by atoms with Crippen LogP contribution in [0, 0.1) is 11.7 Å². The van der Waals surface area contributed by atoms with Crippen molar-refractivity contribution >= 4 is 17.5 Å².